The van der Waals surface area contributed by atoms with Crippen LogP contribution in [0.5, 0.6) is 0 Å². The van der Waals surface area contributed by atoms with Gasteiger partial charge in [-0.05, 0) is 40.4 Å². The van der Waals surface area contributed by atoms with Gasteiger partial charge in [-0.25, -0.2) is 0 Å². The van der Waals surface area contributed by atoms with Crippen molar-refractivity contribution in [3.8, 4) is 0 Å². The normalized spacial score (nSPS) is 14.6. The lowest BCUT2D eigenvalue weighted by atomic mass is 10.00. The summed E-state index contributed by atoms with van der Waals surface area (Å²) in [4.78, 5) is 0. The molecule has 0 aliphatic rings. The third kappa shape index (κ3) is 7.63. The molecular formula is C11H21BrS. The van der Waals surface area contributed by atoms with Gasteiger partial charge in [-0.3, -0.25) is 0 Å². The average Bonchev–Trinajstić information content (AvgIpc) is 2.12. The van der Waals surface area contributed by atoms with Crippen molar-refractivity contribution in [2.75, 3.05) is 5.75 Å². The van der Waals surface area contributed by atoms with Crippen LogP contribution in [0.2, 0.25) is 0 Å². The smallest absolute Gasteiger partial charge is 0.0465 e. The maximum Gasteiger partial charge on any atom is 0.0465 e. The number of unbranched alkanes of at least 4 members (excludes halogenated alkanes) is 1. The summed E-state index contributed by atoms with van der Waals surface area (Å²) in [6.45, 7) is 6.72. The molecule has 0 amide bonds. The molecule has 78 valence electrons. The molecule has 0 aliphatic carbocycles. The standard InChI is InChI=1S/C11H21BrS/c1-4-7-8-10(5-2)9-11(12)13-6-3/h9-10H,4-8H2,1-3H3/b11-9-. The topological polar surface area (TPSA) is 0 Å². The Morgan fingerprint density at radius 2 is 2.08 bits per heavy atom. The van der Waals surface area contributed by atoms with Crippen molar-refractivity contribution in [3.05, 3.63) is 9.89 Å². The molecule has 0 nitrogen and oxygen atoms in total. The van der Waals surface area contributed by atoms with E-state index in [9.17, 15) is 0 Å². The lowest BCUT2D eigenvalue weighted by Crippen LogP contribution is -1.94. The van der Waals surface area contributed by atoms with Crippen LogP contribution >= 0.6 is 27.7 Å². The molecule has 13 heavy (non-hydrogen) atoms. The summed E-state index contributed by atoms with van der Waals surface area (Å²) in [5, 5.41) is 0. The van der Waals surface area contributed by atoms with E-state index in [1.54, 1.807) is 0 Å². The Morgan fingerprint density at radius 3 is 2.54 bits per heavy atom. The monoisotopic (exact) mass is 264 g/mol. The third-order valence-corrected chi connectivity index (χ3v) is 3.75. The van der Waals surface area contributed by atoms with Crippen LogP contribution in [-0.2, 0) is 0 Å². The maximum absolute atomic E-state index is 3.60. The SMILES string of the molecule is CCCCC(/C=C(/Br)SCC)CC. The minimum absolute atomic E-state index is 0.772. The van der Waals surface area contributed by atoms with Gasteiger partial charge in [-0.15, -0.1) is 11.8 Å². The fourth-order valence-electron chi connectivity index (χ4n) is 1.24. The van der Waals surface area contributed by atoms with Gasteiger partial charge in [0.15, 0.2) is 0 Å². The van der Waals surface area contributed by atoms with Crippen LogP contribution in [0.4, 0.5) is 0 Å². The van der Waals surface area contributed by atoms with E-state index in [0.717, 1.165) is 11.7 Å². The Balaban J connectivity index is 3.86. The average molecular weight is 265 g/mol. The second kappa shape index (κ2) is 9.14. The molecule has 0 rings (SSSR count). The molecule has 0 saturated carbocycles. The van der Waals surface area contributed by atoms with Crippen molar-refractivity contribution in [3.63, 3.8) is 0 Å². The minimum atomic E-state index is 0.772. The predicted molar refractivity (Wildman–Crippen MR) is 68.4 cm³/mol. The fourth-order valence-corrected chi connectivity index (χ4v) is 2.87. The first kappa shape index (κ1) is 13.6. The molecule has 0 spiro atoms. The van der Waals surface area contributed by atoms with Crippen LogP contribution in [0, 0.1) is 5.92 Å². The molecule has 0 bridgehead atoms. The highest BCUT2D eigenvalue weighted by atomic mass is 79.9. The van der Waals surface area contributed by atoms with Gasteiger partial charge in [0.05, 0.1) is 0 Å². The summed E-state index contributed by atoms with van der Waals surface area (Å²) >= 11 is 5.48. The highest BCUT2D eigenvalue weighted by Crippen LogP contribution is 2.26. The zero-order valence-corrected chi connectivity index (χ0v) is 11.4. The molecule has 0 aliphatic heterocycles. The van der Waals surface area contributed by atoms with E-state index in [-0.39, 0.29) is 0 Å². The predicted octanol–water partition coefficient (Wildman–Crippen LogP) is 5.19. The molecule has 0 saturated heterocycles. The first-order valence-corrected chi connectivity index (χ1v) is 7.02. The Hall–Kier alpha value is 0.570. The Morgan fingerprint density at radius 1 is 1.38 bits per heavy atom. The van der Waals surface area contributed by atoms with Gasteiger partial charge < -0.3 is 0 Å². The van der Waals surface area contributed by atoms with E-state index in [1.165, 1.54) is 29.5 Å². The highest BCUT2D eigenvalue weighted by Gasteiger charge is 2.03. The Labute approximate surface area is 95.7 Å². The molecule has 0 fully saturated rings. The zero-order chi connectivity index (χ0) is 10.1. The third-order valence-electron chi connectivity index (χ3n) is 2.10. The lowest BCUT2D eigenvalue weighted by molar-refractivity contribution is 0.540. The van der Waals surface area contributed by atoms with Crippen molar-refractivity contribution < 1.29 is 0 Å². The second-order valence-corrected chi connectivity index (χ2v) is 5.90. The molecule has 0 heterocycles. The van der Waals surface area contributed by atoms with E-state index >= 15 is 0 Å². The molecule has 1 unspecified atom stereocenters. The fraction of sp³-hybridized carbons (Fsp3) is 0.818. The lowest BCUT2D eigenvalue weighted by Gasteiger charge is -2.09. The van der Waals surface area contributed by atoms with Crippen LogP contribution in [0.1, 0.15) is 46.5 Å². The molecular weight excluding hydrogens is 244 g/mol. The number of rotatable bonds is 7. The van der Waals surface area contributed by atoms with Crippen molar-refractivity contribution in [2.45, 2.75) is 46.5 Å². The van der Waals surface area contributed by atoms with Gasteiger partial charge in [-0.1, -0.05) is 39.7 Å². The first-order valence-electron chi connectivity index (χ1n) is 5.24. The van der Waals surface area contributed by atoms with Gasteiger partial charge >= 0.3 is 0 Å². The van der Waals surface area contributed by atoms with Crippen molar-refractivity contribution in [1.82, 2.24) is 0 Å². The summed E-state index contributed by atoms with van der Waals surface area (Å²) in [5.74, 6) is 1.93. The van der Waals surface area contributed by atoms with E-state index in [0.29, 0.717) is 0 Å². The van der Waals surface area contributed by atoms with Gasteiger partial charge in [0.1, 0.15) is 0 Å². The van der Waals surface area contributed by atoms with E-state index in [2.05, 4.69) is 42.8 Å². The quantitative estimate of drug-likeness (QED) is 0.610. The van der Waals surface area contributed by atoms with Crippen LogP contribution in [-0.4, -0.2) is 5.75 Å². The van der Waals surface area contributed by atoms with Gasteiger partial charge in [0, 0.05) is 3.81 Å². The van der Waals surface area contributed by atoms with Crippen LogP contribution in [0.3, 0.4) is 0 Å². The number of hydrogen-bond donors (Lipinski definition) is 0. The van der Waals surface area contributed by atoms with Crippen molar-refractivity contribution in [2.24, 2.45) is 5.92 Å². The molecule has 0 aromatic rings. The summed E-state index contributed by atoms with van der Waals surface area (Å²) in [6.07, 6.45) is 7.64. The van der Waals surface area contributed by atoms with E-state index in [4.69, 9.17) is 0 Å². The highest BCUT2D eigenvalue weighted by molar-refractivity contribution is 9.14. The molecule has 0 aromatic heterocycles. The molecule has 0 aromatic carbocycles. The van der Waals surface area contributed by atoms with Crippen LogP contribution < -0.4 is 0 Å². The summed E-state index contributed by atoms with van der Waals surface area (Å²) in [7, 11) is 0. The number of allylic oxidation sites excluding steroid dienone is 1. The molecule has 1 atom stereocenters. The van der Waals surface area contributed by atoms with E-state index in [1.807, 2.05) is 11.8 Å². The Bertz CT molecular complexity index is 143. The minimum Gasteiger partial charge on any atom is -0.119 e. The molecule has 0 radical (unpaired) electrons. The second-order valence-electron chi connectivity index (χ2n) is 3.21. The van der Waals surface area contributed by atoms with Gasteiger partial charge in [0.25, 0.3) is 0 Å². The van der Waals surface area contributed by atoms with Crippen LogP contribution in [0.15, 0.2) is 9.89 Å². The van der Waals surface area contributed by atoms with Crippen molar-refractivity contribution >= 4 is 27.7 Å². The maximum atomic E-state index is 3.60. The van der Waals surface area contributed by atoms with Gasteiger partial charge in [0.2, 0.25) is 0 Å². The van der Waals surface area contributed by atoms with Crippen LogP contribution in [0.25, 0.3) is 0 Å². The number of halogens is 1. The van der Waals surface area contributed by atoms with Crippen molar-refractivity contribution in [1.29, 1.82) is 0 Å². The number of hydrogen-bond acceptors (Lipinski definition) is 1. The summed E-state index contributed by atoms with van der Waals surface area (Å²) in [6, 6.07) is 0. The summed E-state index contributed by atoms with van der Waals surface area (Å²) in [5.41, 5.74) is 0. The molecule has 2 heteroatoms. The number of thioether (sulfide) groups is 1. The molecule has 0 N–H and O–H groups in total. The van der Waals surface area contributed by atoms with Gasteiger partial charge in [-0.2, -0.15) is 0 Å². The zero-order valence-electron chi connectivity index (χ0n) is 8.98. The first-order chi connectivity index (χ1) is 6.24. The van der Waals surface area contributed by atoms with E-state index < -0.39 is 0 Å². The summed E-state index contributed by atoms with van der Waals surface area (Å²) < 4.78 is 1.32. The largest absolute Gasteiger partial charge is 0.119 e. The Kier molecular flexibility index (Phi) is 9.54.